The van der Waals surface area contributed by atoms with E-state index in [4.69, 9.17) is 0 Å². The summed E-state index contributed by atoms with van der Waals surface area (Å²) in [5, 5.41) is 8.78. The van der Waals surface area contributed by atoms with E-state index in [2.05, 4.69) is 249 Å². The number of allylic oxidation sites excluding steroid dienone is 3. The van der Waals surface area contributed by atoms with E-state index in [9.17, 15) is 0 Å². The van der Waals surface area contributed by atoms with Gasteiger partial charge >= 0.3 is 0 Å². The molecule has 0 radical (unpaired) electrons. The Bertz CT molecular complexity index is 4100. The summed E-state index contributed by atoms with van der Waals surface area (Å²) in [6.07, 6.45) is 9.77. The van der Waals surface area contributed by atoms with E-state index in [0.29, 0.717) is 0 Å². The van der Waals surface area contributed by atoms with Gasteiger partial charge in [0.25, 0.3) is 0 Å². The molecule has 4 nitrogen and oxygen atoms in total. The number of rotatable bonds is 5. The van der Waals surface area contributed by atoms with Crippen LogP contribution in [0.15, 0.2) is 224 Å². The minimum absolute atomic E-state index is 0.844. The van der Waals surface area contributed by atoms with Crippen molar-refractivity contribution in [2.24, 2.45) is 0 Å². The zero-order valence-electron chi connectivity index (χ0n) is 35.4. The van der Waals surface area contributed by atoms with Crippen LogP contribution in [-0.4, -0.2) is 18.3 Å². The molecular weight excluding hydrogens is 789 g/mol. The fourth-order valence-electron chi connectivity index (χ4n) is 11.0. The van der Waals surface area contributed by atoms with E-state index < -0.39 is 0 Å². The molecule has 1 aliphatic rings. The van der Waals surface area contributed by atoms with Crippen LogP contribution in [0.3, 0.4) is 0 Å². The normalized spacial score (nSPS) is 12.7. The van der Waals surface area contributed by atoms with Gasteiger partial charge in [0, 0.05) is 78.1 Å². The molecule has 0 bridgehead atoms. The van der Waals surface area contributed by atoms with E-state index in [1.54, 1.807) is 0 Å². The highest BCUT2D eigenvalue weighted by Crippen LogP contribution is 2.43. The summed E-state index contributed by atoms with van der Waals surface area (Å²) in [4.78, 5) is 0. The van der Waals surface area contributed by atoms with Crippen LogP contribution < -0.4 is 0 Å². The van der Waals surface area contributed by atoms with Crippen LogP contribution in [-0.2, 0) is 6.42 Å². The predicted octanol–water partition coefficient (Wildman–Crippen LogP) is 15.7. The molecule has 14 rings (SSSR count). The molecule has 0 saturated carbocycles. The summed E-state index contributed by atoms with van der Waals surface area (Å²) in [5.74, 6) is 0. The Hall–Kier alpha value is -8.60. The lowest BCUT2D eigenvalue weighted by molar-refractivity contribution is 1.00. The maximum atomic E-state index is 2.52. The number of aromatic nitrogens is 4. The second-order valence-corrected chi connectivity index (χ2v) is 17.3. The molecule has 0 amide bonds. The van der Waals surface area contributed by atoms with Crippen LogP contribution in [0, 0.1) is 0 Å². The number of benzene rings is 9. The lowest BCUT2D eigenvalue weighted by Crippen LogP contribution is -2.02. The van der Waals surface area contributed by atoms with Crippen molar-refractivity contribution in [1.82, 2.24) is 18.3 Å². The molecule has 304 valence electrons. The number of hydrogen-bond acceptors (Lipinski definition) is 0. The van der Waals surface area contributed by atoms with Crippen molar-refractivity contribution in [1.29, 1.82) is 0 Å². The molecule has 0 saturated heterocycles. The molecule has 65 heavy (non-hydrogen) atoms. The van der Waals surface area contributed by atoms with E-state index in [-0.39, 0.29) is 0 Å². The van der Waals surface area contributed by atoms with Crippen molar-refractivity contribution in [3.63, 3.8) is 0 Å². The molecule has 9 aromatic carbocycles. The number of fused-ring (bicyclic) bond motifs is 13. The number of nitrogens with zero attached hydrogens (tertiary/aromatic N) is 4. The smallest absolute Gasteiger partial charge is 0.0788 e. The van der Waals surface area contributed by atoms with Crippen molar-refractivity contribution in [3.05, 3.63) is 236 Å². The molecule has 0 unspecified atom stereocenters. The van der Waals surface area contributed by atoms with Gasteiger partial charge in [-0.15, -0.1) is 0 Å². The molecule has 4 aromatic heterocycles. The predicted molar refractivity (Wildman–Crippen MR) is 274 cm³/mol. The van der Waals surface area contributed by atoms with Crippen molar-refractivity contribution in [3.8, 4) is 33.9 Å². The average Bonchev–Trinajstić information content (AvgIpc) is 4.02. The second-order valence-electron chi connectivity index (χ2n) is 17.3. The third-order valence-corrected chi connectivity index (χ3v) is 13.8. The Morgan fingerprint density at radius 2 is 0.723 bits per heavy atom. The van der Waals surface area contributed by atoms with Crippen molar-refractivity contribution >= 4 is 82.4 Å². The maximum Gasteiger partial charge on any atom is 0.0788 e. The molecule has 0 fully saturated rings. The van der Waals surface area contributed by atoms with E-state index in [1.807, 2.05) is 0 Å². The summed E-state index contributed by atoms with van der Waals surface area (Å²) in [6, 6.07) is 75.7. The molecule has 0 spiro atoms. The second kappa shape index (κ2) is 14.0. The molecule has 4 heteroatoms. The van der Waals surface area contributed by atoms with Gasteiger partial charge in [-0.05, 0) is 90.0 Å². The van der Waals surface area contributed by atoms with E-state index >= 15 is 0 Å². The first kappa shape index (κ1) is 35.9. The molecule has 13 aromatic rings. The monoisotopic (exact) mass is 828 g/mol. The van der Waals surface area contributed by atoms with Gasteiger partial charge in [-0.3, -0.25) is 0 Å². The fraction of sp³-hybridized carbons (Fsp3) is 0.0164. The standard InChI is InChI=1S/C61H40N4/c1-4-16-42(17-5-1)62-54-25-13-11-22-48(54)52-39-59-53(38-58(52)62)49-23-12-14-26-55(49)63(59)44-32-28-40(29-33-44)41-30-34-45(35-31-41)65-56-24-9-3-8-20-46(56)50-36-37-51-47-21-10-15-27-57(47)64(60(51)61(50)65)43-18-6-2-7-19-43/h1-23,25-39H,24H2. The summed E-state index contributed by atoms with van der Waals surface area (Å²) in [6.45, 7) is 0. The summed E-state index contributed by atoms with van der Waals surface area (Å²) in [7, 11) is 0. The zero-order valence-corrected chi connectivity index (χ0v) is 35.4. The van der Waals surface area contributed by atoms with E-state index in [1.165, 1.54) is 104 Å². The Balaban J connectivity index is 0.906. The molecule has 4 heterocycles. The minimum Gasteiger partial charge on any atom is -0.311 e. The first-order valence-corrected chi connectivity index (χ1v) is 22.5. The van der Waals surface area contributed by atoms with Crippen molar-refractivity contribution < 1.29 is 0 Å². The molecule has 0 aliphatic heterocycles. The van der Waals surface area contributed by atoms with Gasteiger partial charge < -0.3 is 18.3 Å². The quantitative estimate of drug-likeness (QED) is 0.165. The topological polar surface area (TPSA) is 19.7 Å². The third kappa shape index (κ3) is 5.25. The molecule has 1 aliphatic carbocycles. The SMILES string of the molecule is C1=CCc2c(c3ccc4c5ccccc5n(-c5ccccc5)c4c3n2-c2ccc(-c3ccc(-n4c5ccccc5c5cc6c(cc54)c4ccccc4n6-c4ccccc4)cc3)cc2)C=C1. The highest BCUT2D eigenvalue weighted by atomic mass is 15.1. The Labute approximate surface area is 375 Å². The average molecular weight is 829 g/mol. The van der Waals surface area contributed by atoms with Crippen LogP contribution in [0.2, 0.25) is 0 Å². The van der Waals surface area contributed by atoms with Gasteiger partial charge in [-0.2, -0.15) is 0 Å². The van der Waals surface area contributed by atoms with Gasteiger partial charge in [0.05, 0.1) is 38.6 Å². The number of para-hydroxylation sites is 5. The molecular formula is C61H40N4. The molecule has 0 N–H and O–H groups in total. The van der Waals surface area contributed by atoms with Crippen molar-refractivity contribution in [2.75, 3.05) is 0 Å². The van der Waals surface area contributed by atoms with Gasteiger partial charge in [0.15, 0.2) is 0 Å². The first-order valence-electron chi connectivity index (χ1n) is 22.5. The number of hydrogen-bond donors (Lipinski definition) is 0. The van der Waals surface area contributed by atoms with E-state index in [0.717, 1.165) is 23.5 Å². The lowest BCUT2D eigenvalue weighted by Gasteiger charge is -2.14. The minimum atomic E-state index is 0.844. The summed E-state index contributed by atoms with van der Waals surface area (Å²) in [5.41, 5.74) is 18.1. The highest BCUT2D eigenvalue weighted by Gasteiger charge is 2.24. The zero-order chi connectivity index (χ0) is 42.6. The highest BCUT2D eigenvalue weighted by molar-refractivity contribution is 6.21. The molecule has 0 atom stereocenters. The van der Waals surface area contributed by atoms with Crippen LogP contribution in [0.5, 0.6) is 0 Å². The van der Waals surface area contributed by atoms with Gasteiger partial charge in [-0.1, -0.05) is 152 Å². The van der Waals surface area contributed by atoms with Crippen molar-refractivity contribution in [2.45, 2.75) is 6.42 Å². The van der Waals surface area contributed by atoms with Crippen LogP contribution >= 0.6 is 0 Å². The maximum absolute atomic E-state index is 2.52. The Kier molecular flexibility index (Phi) is 7.71. The van der Waals surface area contributed by atoms with Gasteiger partial charge in [-0.25, -0.2) is 0 Å². The van der Waals surface area contributed by atoms with Crippen LogP contribution in [0.25, 0.3) is 116 Å². The third-order valence-electron chi connectivity index (χ3n) is 13.8. The largest absolute Gasteiger partial charge is 0.311 e. The first-order chi connectivity index (χ1) is 32.3. The summed E-state index contributed by atoms with van der Waals surface area (Å²) < 4.78 is 9.83. The fourth-order valence-corrected chi connectivity index (χ4v) is 11.0. The Morgan fingerprint density at radius 3 is 1.29 bits per heavy atom. The van der Waals surface area contributed by atoms with Gasteiger partial charge in [0.2, 0.25) is 0 Å². The summed E-state index contributed by atoms with van der Waals surface area (Å²) >= 11 is 0. The van der Waals surface area contributed by atoms with Crippen LogP contribution in [0.4, 0.5) is 0 Å². The Morgan fingerprint density at radius 1 is 0.292 bits per heavy atom. The lowest BCUT2D eigenvalue weighted by atomic mass is 10.0. The van der Waals surface area contributed by atoms with Crippen LogP contribution in [0.1, 0.15) is 11.3 Å². The van der Waals surface area contributed by atoms with Gasteiger partial charge in [0.1, 0.15) is 0 Å².